The van der Waals surface area contributed by atoms with E-state index in [1.165, 1.54) is 0 Å². The molecule has 2 atom stereocenters. The number of halogens is 1. The molecule has 0 aliphatic heterocycles. The van der Waals surface area contributed by atoms with Crippen molar-refractivity contribution in [1.82, 2.24) is 0 Å². The molecule has 0 amide bonds. The fourth-order valence-electron chi connectivity index (χ4n) is 1.58. The predicted molar refractivity (Wildman–Crippen MR) is 83.9 cm³/mol. The molecule has 2 nitrogen and oxygen atoms in total. The van der Waals surface area contributed by atoms with Gasteiger partial charge < -0.3 is 9.53 Å². The molecule has 0 fully saturated rings. The van der Waals surface area contributed by atoms with E-state index in [9.17, 15) is 5.11 Å². The Balaban J connectivity index is 2.79. The summed E-state index contributed by atoms with van der Waals surface area (Å²) < 4.78 is 7.21. The van der Waals surface area contributed by atoms with Gasteiger partial charge in [-0.3, -0.25) is 0 Å². The van der Waals surface area contributed by atoms with Crippen LogP contribution in [0.1, 0.15) is 27.2 Å². The summed E-state index contributed by atoms with van der Waals surface area (Å²) in [4.78, 5) is 0. The third-order valence-electron chi connectivity index (χ3n) is 3.85. The summed E-state index contributed by atoms with van der Waals surface area (Å²) in [7, 11) is -1.77. The maximum Gasteiger partial charge on any atom is 0.192 e. The maximum atomic E-state index is 10.3. The average molecular weight is 366 g/mol. The molecule has 1 aliphatic carbocycles. The van der Waals surface area contributed by atoms with E-state index in [1.54, 1.807) is 6.08 Å². The molecule has 2 unspecified atom stereocenters. The molecule has 1 rings (SSSR count). The highest BCUT2D eigenvalue weighted by Gasteiger charge is 2.43. The number of hydrogen-bond donors (Lipinski definition) is 1. The summed E-state index contributed by atoms with van der Waals surface area (Å²) in [6, 6.07) is 0. The van der Waals surface area contributed by atoms with Gasteiger partial charge in [-0.1, -0.05) is 33.4 Å². The SMILES string of the molecule is C=CC1(O)CC(O[Si](C)(C)C(C)(C)C)C=C1I. The second-order valence-corrected chi connectivity index (χ2v) is 12.2. The van der Waals surface area contributed by atoms with Crippen LogP contribution in [0, 0.1) is 0 Å². The molecule has 4 heteroatoms. The predicted octanol–water partition coefficient (Wildman–Crippen LogP) is 4.02. The lowest BCUT2D eigenvalue weighted by molar-refractivity contribution is 0.100. The lowest BCUT2D eigenvalue weighted by Gasteiger charge is -2.38. The van der Waals surface area contributed by atoms with Gasteiger partial charge in [-0.25, -0.2) is 0 Å². The Labute approximate surface area is 119 Å². The zero-order valence-electron chi connectivity index (χ0n) is 11.4. The summed E-state index contributed by atoms with van der Waals surface area (Å²) in [5.74, 6) is 0. The number of aliphatic hydroxyl groups is 1. The van der Waals surface area contributed by atoms with Gasteiger partial charge >= 0.3 is 0 Å². The highest BCUT2D eigenvalue weighted by Crippen LogP contribution is 2.42. The van der Waals surface area contributed by atoms with Crippen LogP contribution < -0.4 is 0 Å². The highest BCUT2D eigenvalue weighted by molar-refractivity contribution is 14.1. The summed E-state index contributed by atoms with van der Waals surface area (Å²) in [5, 5.41) is 10.5. The quantitative estimate of drug-likeness (QED) is 0.465. The minimum absolute atomic E-state index is 0.0193. The van der Waals surface area contributed by atoms with Crippen LogP contribution in [0.15, 0.2) is 22.3 Å². The van der Waals surface area contributed by atoms with Crippen LogP contribution in [-0.4, -0.2) is 25.1 Å². The molecule has 0 spiro atoms. The molecule has 0 saturated heterocycles. The zero-order valence-corrected chi connectivity index (χ0v) is 14.5. The molecule has 17 heavy (non-hydrogen) atoms. The third-order valence-corrected chi connectivity index (χ3v) is 9.65. The second-order valence-electron chi connectivity index (χ2n) is 6.26. The van der Waals surface area contributed by atoms with E-state index in [-0.39, 0.29) is 11.1 Å². The van der Waals surface area contributed by atoms with Crippen molar-refractivity contribution in [3.8, 4) is 0 Å². The lowest BCUT2D eigenvalue weighted by atomic mass is 10.0. The smallest absolute Gasteiger partial charge is 0.192 e. The van der Waals surface area contributed by atoms with E-state index in [0.717, 1.165) is 3.58 Å². The first-order chi connectivity index (χ1) is 7.52. The molecule has 0 heterocycles. The van der Waals surface area contributed by atoms with E-state index in [2.05, 4.69) is 63.0 Å². The minimum Gasteiger partial charge on any atom is -0.410 e. The highest BCUT2D eigenvalue weighted by atomic mass is 127. The van der Waals surface area contributed by atoms with Gasteiger partial charge in [0.05, 0.1) is 6.10 Å². The average Bonchev–Trinajstić information content (AvgIpc) is 2.40. The standard InChI is InChI=1S/C13H23IO2Si/c1-7-13(15)9-10(8-11(13)14)16-17(5,6)12(2,3)4/h7-8,10,15H,1,9H2,2-6H3. The van der Waals surface area contributed by atoms with Gasteiger partial charge in [0.1, 0.15) is 5.60 Å². The Morgan fingerprint density at radius 3 is 2.47 bits per heavy atom. The van der Waals surface area contributed by atoms with E-state index < -0.39 is 13.9 Å². The molecule has 0 aromatic carbocycles. The van der Waals surface area contributed by atoms with Crippen molar-refractivity contribution in [3.63, 3.8) is 0 Å². The molecular weight excluding hydrogens is 343 g/mol. The molecule has 0 aromatic rings. The minimum atomic E-state index is -1.77. The lowest BCUT2D eigenvalue weighted by Crippen LogP contribution is -2.43. The first-order valence-electron chi connectivity index (χ1n) is 5.93. The van der Waals surface area contributed by atoms with E-state index >= 15 is 0 Å². The normalized spacial score (nSPS) is 30.3. The Kier molecular flexibility index (Phi) is 4.34. The van der Waals surface area contributed by atoms with Gasteiger partial charge in [0, 0.05) is 10.0 Å². The Bertz CT molecular complexity index is 344. The van der Waals surface area contributed by atoms with Crippen molar-refractivity contribution in [2.45, 2.75) is 57.0 Å². The van der Waals surface area contributed by atoms with Crippen molar-refractivity contribution < 1.29 is 9.53 Å². The van der Waals surface area contributed by atoms with Gasteiger partial charge in [-0.05, 0) is 46.8 Å². The summed E-state index contributed by atoms with van der Waals surface area (Å²) >= 11 is 2.17. The molecule has 0 aromatic heterocycles. The molecule has 1 N–H and O–H groups in total. The van der Waals surface area contributed by atoms with Crippen LogP contribution in [0.3, 0.4) is 0 Å². The zero-order chi connectivity index (χ0) is 13.5. The van der Waals surface area contributed by atoms with Gasteiger partial charge in [-0.2, -0.15) is 0 Å². The van der Waals surface area contributed by atoms with Crippen LogP contribution in [0.4, 0.5) is 0 Å². The Morgan fingerprint density at radius 1 is 1.59 bits per heavy atom. The van der Waals surface area contributed by atoms with Crippen molar-refractivity contribution in [1.29, 1.82) is 0 Å². The summed E-state index contributed by atoms with van der Waals surface area (Å²) in [6.07, 6.45) is 4.26. The van der Waals surface area contributed by atoms with Crippen molar-refractivity contribution in [2.24, 2.45) is 0 Å². The second kappa shape index (κ2) is 4.79. The van der Waals surface area contributed by atoms with Crippen LogP contribution in [0.5, 0.6) is 0 Å². The monoisotopic (exact) mass is 366 g/mol. The van der Waals surface area contributed by atoms with Crippen LogP contribution in [0.25, 0.3) is 0 Å². The van der Waals surface area contributed by atoms with Gasteiger partial charge in [0.15, 0.2) is 8.32 Å². The fraction of sp³-hybridized carbons (Fsp3) is 0.692. The molecule has 0 radical (unpaired) electrons. The van der Waals surface area contributed by atoms with Crippen molar-refractivity contribution in [3.05, 3.63) is 22.3 Å². The van der Waals surface area contributed by atoms with Crippen LogP contribution in [-0.2, 0) is 4.43 Å². The van der Waals surface area contributed by atoms with Crippen LogP contribution in [0.2, 0.25) is 18.1 Å². The van der Waals surface area contributed by atoms with Crippen molar-refractivity contribution in [2.75, 3.05) is 0 Å². The number of rotatable bonds is 3. The fourth-order valence-corrected chi connectivity index (χ4v) is 3.69. The Hall–Kier alpha value is 0.347. The first kappa shape index (κ1) is 15.4. The Morgan fingerprint density at radius 2 is 2.12 bits per heavy atom. The summed E-state index contributed by atoms with van der Waals surface area (Å²) in [6.45, 7) is 14.8. The van der Waals surface area contributed by atoms with Crippen LogP contribution >= 0.6 is 22.6 Å². The van der Waals surface area contributed by atoms with E-state index in [0.29, 0.717) is 6.42 Å². The molecule has 0 bridgehead atoms. The third kappa shape index (κ3) is 3.22. The molecule has 1 aliphatic rings. The molecule has 0 saturated carbocycles. The molecule has 98 valence electrons. The number of hydrogen-bond acceptors (Lipinski definition) is 2. The van der Waals surface area contributed by atoms with Crippen molar-refractivity contribution >= 4 is 30.9 Å². The largest absolute Gasteiger partial charge is 0.410 e. The van der Waals surface area contributed by atoms with Gasteiger partial charge in [-0.15, -0.1) is 0 Å². The maximum absolute atomic E-state index is 10.3. The summed E-state index contributed by atoms with van der Waals surface area (Å²) in [5.41, 5.74) is -0.881. The van der Waals surface area contributed by atoms with E-state index in [1.807, 2.05) is 6.08 Å². The van der Waals surface area contributed by atoms with E-state index in [4.69, 9.17) is 4.43 Å². The topological polar surface area (TPSA) is 29.5 Å². The van der Waals surface area contributed by atoms with Gasteiger partial charge in [0.2, 0.25) is 0 Å². The molecular formula is C13H23IO2Si. The van der Waals surface area contributed by atoms with Gasteiger partial charge in [0.25, 0.3) is 0 Å². The first-order valence-corrected chi connectivity index (χ1v) is 9.92.